The summed E-state index contributed by atoms with van der Waals surface area (Å²) in [5.41, 5.74) is -0.0384. The van der Waals surface area contributed by atoms with E-state index in [1.807, 2.05) is 0 Å². The molecule has 0 saturated carbocycles. The number of thiophene rings is 1. The van der Waals surface area contributed by atoms with Gasteiger partial charge in [-0.2, -0.15) is 0 Å². The van der Waals surface area contributed by atoms with Crippen molar-refractivity contribution in [3.05, 3.63) is 52.4 Å². The van der Waals surface area contributed by atoms with Crippen LogP contribution < -0.4 is 4.72 Å². The average Bonchev–Trinajstić information content (AvgIpc) is 3.08. The van der Waals surface area contributed by atoms with Crippen LogP contribution in [0.3, 0.4) is 0 Å². The first-order valence-electron chi connectivity index (χ1n) is 6.05. The highest BCUT2D eigenvalue weighted by Gasteiger charge is 2.20. The van der Waals surface area contributed by atoms with E-state index in [2.05, 4.69) is 9.88 Å². The Bertz CT molecular complexity index is 969. The number of sulfonamides is 1. The lowest BCUT2D eigenvalue weighted by atomic mass is 10.1. The maximum absolute atomic E-state index is 13.7. The predicted octanol–water partition coefficient (Wildman–Crippen LogP) is 4.14. The maximum atomic E-state index is 13.7. The van der Waals surface area contributed by atoms with Gasteiger partial charge in [0, 0.05) is 12.1 Å². The summed E-state index contributed by atoms with van der Waals surface area (Å²) < 4.78 is 58.2. The van der Waals surface area contributed by atoms with Gasteiger partial charge in [0.05, 0.1) is 9.90 Å². The first kappa shape index (κ1) is 15.9. The van der Waals surface area contributed by atoms with Gasteiger partial charge in [-0.05, 0) is 24.3 Å². The summed E-state index contributed by atoms with van der Waals surface area (Å²) in [4.78, 5) is 0. The topological polar surface area (TPSA) is 72.2 Å². The fraction of sp³-hybridized carbons (Fsp3) is 0. The maximum Gasteiger partial charge on any atom is 0.272 e. The lowest BCUT2D eigenvalue weighted by Crippen LogP contribution is -2.11. The Kier molecular flexibility index (Phi) is 4.09. The second-order valence-corrected chi connectivity index (χ2v) is 7.99. The monoisotopic (exact) mass is 376 g/mol. The van der Waals surface area contributed by atoms with Crippen molar-refractivity contribution in [1.82, 2.24) is 5.16 Å². The third-order valence-electron chi connectivity index (χ3n) is 2.76. The smallest absolute Gasteiger partial charge is 0.272 e. The van der Waals surface area contributed by atoms with E-state index in [1.165, 1.54) is 24.3 Å². The molecular weight excluding hydrogens is 370 g/mol. The summed E-state index contributed by atoms with van der Waals surface area (Å²) in [7, 11) is -3.87. The van der Waals surface area contributed by atoms with Gasteiger partial charge in [0.2, 0.25) is 0 Å². The Balaban J connectivity index is 1.88. The van der Waals surface area contributed by atoms with E-state index in [0.29, 0.717) is 10.4 Å². The Morgan fingerprint density at radius 1 is 1.17 bits per heavy atom. The van der Waals surface area contributed by atoms with Crippen molar-refractivity contribution >= 4 is 38.8 Å². The summed E-state index contributed by atoms with van der Waals surface area (Å²) in [6, 6.07) is 6.90. The number of nitrogens with one attached hydrogen (secondary N) is 1. The van der Waals surface area contributed by atoms with Gasteiger partial charge in [0.1, 0.15) is 15.8 Å². The summed E-state index contributed by atoms with van der Waals surface area (Å²) >= 11 is 6.58. The fourth-order valence-corrected chi connectivity index (χ4v) is 4.24. The Labute approximate surface area is 138 Å². The van der Waals surface area contributed by atoms with E-state index in [9.17, 15) is 17.2 Å². The summed E-state index contributed by atoms with van der Waals surface area (Å²) in [5, 5.41) is 3.52. The standard InChI is InChI=1S/C13H7ClF2N2O3S2/c14-11-3-4-13(22-11)23(19,20)18-12-6-10(21-17-12)8-2-1-7(15)5-9(8)16/h1-6H,(H,17,18). The number of benzene rings is 1. The molecule has 0 atom stereocenters. The van der Waals surface area contributed by atoms with Crippen LogP contribution in [0.4, 0.5) is 14.6 Å². The summed E-state index contributed by atoms with van der Waals surface area (Å²) in [6.45, 7) is 0. The molecule has 2 heterocycles. The minimum Gasteiger partial charge on any atom is -0.354 e. The van der Waals surface area contributed by atoms with Gasteiger partial charge in [-0.15, -0.1) is 11.3 Å². The van der Waals surface area contributed by atoms with E-state index in [1.54, 1.807) is 0 Å². The SMILES string of the molecule is O=S(=O)(Nc1cc(-c2ccc(F)cc2F)on1)c1ccc(Cl)s1. The van der Waals surface area contributed by atoms with E-state index in [-0.39, 0.29) is 21.4 Å². The van der Waals surface area contributed by atoms with Crippen LogP contribution in [0.25, 0.3) is 11.3 Å². The van der Waals surface area contributed by atoms with Crippen LogP contribution in [0.5, 0.6) is 0 Å². The molecule has 120 valence electrons. The van der Waals surface area contributed by atoms with Crippen LogP contribution in [0, 0.1) is 11.6 Å². The molecule has 0 aliphatic carbocycles. The van der Waals surface area contributed by atoms with E-state index >= 15 is 0 Å². The molecule has 2 aromatic heterocycles. The number of halogens is 3. The normalized spacial score (nSPS) is 11.6. The van der Waals surface area contributed by atoms with Gasteiger partial charge in [-0.25, -0.2) is 17.2 Å². The van der Waals surface area contributed by atoms with Crippen LogP contribution in [0.15, 0.2) is 45.1 Å². The highest BCUT2D eigenvalue weighted by molar-refractivity contribution is 7.94. The van der Waals surface area contributed by atoms with Gasteiger partial charge in [-0.1, -0.05) is 16.8 Å². The predicted molar refractivity (Wildman–Crippen MR) is 82.0 cm³/mol. The molecule has 23 heavy (non-hydrogen) atoms. The van der Waals surface area contributed by atoms with Crippen LogP contribution in [0.2, 0.25) is 4.34 Å². The van der Waals surface area contributed by atoms with Crippen LogP contribution in [-0.2, 0) is 10.0 Å². The third kappa shape index (κ3) is 3.36. The molecular formula is C13H7ClF2N2O3S2. The van der Waals surface area contributed by atoms with Crippen molar-refractivity contribution < 1.29 is 21.7 Å². The Morgan fingerprint density at radius 3 is 2.61 bits per heavy atom. The number of anilines is 1. The molecule has 3 rings (SSSR count). The van der Waals surface area contributed by atoms with Crippen LogP contribution >= 0.6 is 22.9 Å². The zero-order chi connectivity index (χ0) is 16.6. The zero-order valence-corrected chi connectivity index (χ0v) is 13.5. The molecule has 0 fully saturated rings. The second-order valence-electron chi connectivity index (χ2n) is 4.36. The molecule has 10 heteroatoms. The number of hydrogen-bond donors (Lipinski definition) is 1. The summed E-state index contributed by atoms with van der Waals surface area (Å²) in [6.07, 6.45) is 0. The minimum absolute atomic E-state index is 0.0000118. The van der Waals surface area contributed by atoms with Gasteiger partial charge in [0.25, 0.3) is 10.0 Å². The van der Waals surface area contributed by atoms with Crippen molar-refractivity contribution in [1.29, 1.82) is 0 Å². The lowest BCUT2D eigenvalue weighted by Gasteiger charge is -2.00. The number of nitrogens with zero attached hydrogens (tertiary/aromatic N) is 1. The molecule has 0 amide bonds. The molecule has 0 aliphatic heterocycles. The highest BCUT2D eigenvalue weighted by Crippen LogP contribution is 2.29. The molecule has 0 radical (unpaired) electrons. The van der Waals surface area contributed by atoms with Crippen molar-refractivity contribution in [3.8, 4) is 11.3 Å². The first-order chi connectivity index (χ1) is 10.8. The van der Waals surface area contributed by atoms with Crippen LogP contribution in [-0.4, -0.2) is 13.6 Å². The Hall–Kier alpha value is -1.97. The molecule has 0 saturated heterocycles. The van der Waals surface area contributed by atoms with E-state index < -0.39 is 21.7 Å². The average molecular weight is 377 g/mol. The van der Waals surface area contributed by atoms with Crippen molar-refractivity contribution in [3.63, 3.8) is 0 Å². The molecule has 3 aromatic rings. The third-order valence-corrected chi connectivity index (χ3v) is 5.84. The fourth-order valence-electron chi connectivity index (χ4n) is 1.77. The lowest BCUT2D eigenvalue weighted by molar-refractivity contribution is 0.432. The highest BCUT2D eigenvalue weighted by atomic mass is 35.5. The second kappa shape index (κ2) is 5.91. The first-order valence-corrected chi connectivity index (χ1v) is 8.73. The molecule has 0 spiro atoms. The number of rotatable bonds is 4. The van der Waals surface area contributed by atoms with Gasteiger partial charge in [0.15, 0.2) is 11.6 Å². The minimum atomic E-state index is -3.87. The van der Waals surface area contributed by atoms with Crippen molar-refractivity contribution in [2.24, 2.45) is 0 Å². The largest absolute Gasteiger partial charge is 0.354 e. The van der Waals surface area contributed by atoms with Gasteiger partial charge >= 0.3 is 0 Å². The van der Waals surface area contributed by atoms with E-state index in [0.717, 1.165) is 17.4 Å². The number of hydrogen-bond acceptors (Lipinski definition) is 5. The summed E-state index contributed by atoms with van der Waals surface area (Å²) in [5.74, 6) is -1.75. The van der Waals surface area contributed by atoms with Gasteiger partial charge in [-0.3, -0.25) is 4.72 Å². The van der Waals surface area contributed by atoms with Crippen molar-refractivity contribution in [2.75, 3.05) is 4.72 Å². The zero-order valence-electron chi connectivity index (χ0n) is 11.1. The quantitative estimate of drug-likeness (QED) is 0.743. The molecule has 0 unspecified atom stereocenters. The molecule has 0 bridgehead atoms. The molecule has 1 N–H and O–H groups in total. The molecule has 0 aliphatic rings. The molecule has 5 nitrogen and oxygen atoms in total. The van der Waals surface area contributed by atoms with Crippen molar-refractivity contribution in [2.45, 2.75) is 4.21 Å². The van der Waals surface area contributed by atoms with Gasteiger partial charge < -0.3 is 4.52 Å². The molecule has 1 aromatic carbocycles. The van der Waals surface area contributed by atoms with Crippen LogP contribution in [0.1, 0.15) is 0 Å². The Morgan fingerprint density at radius 2 is 1.96 bits per heavy atom. The van der Waals surface area contributed by atoms with E-state index in [4.69, 9.17) is 16.1 Å². The number of aromatic nitrogens is 1.